The van der Waals surface area contributed by atoms with Gasteiger partial charge in [-0.2, -0.15) is 5.10 Å². The van der Waals surface area contributed by atoms with Crippen LogP contribution in [0.3, 0.4) is 0 Å². The van der Waals surface area contributed by atoms with Crippen LogP contribution in [-0.2, 0) is 4.57 Å². The summed E-state index contributed by atoms with van der Waals surface area (Å²) in [5, 5.41) is 11.6. The lowest BCUT2D eigenvalue weighted by atomic mass is 10.1. The van der Waals surface area contributed by atoms with E-state index in [1.165, 1.54) is 21.3 Å². The van der Waals surface area contributed by atoms with Crippen molar-refractivity contribution in [1.82, 2.24) is 14.5 Å². The second-order valence-corrected chi connectivity index (χ2v) is 12.0. The molecule has 0 saturated carbocycles. The number of anilines is 2. The molecule has 11 heteroatoms. The van der Waals surface area contributed by atoms with Gasteiger partial charge in [0, 0.05) is 24.3 Å². The summed E-state index contributed by atoms with van der Waals surface area (Å²) in [6, 6.07) is 20.3. The molecule has 42 heavy (non-hydrogen) atoms. The lowest BCUT2D eigenvalue weighted by Gasteiger charge is -2.31. The minimum Gasteiger partial charge on any atom is -0.493 e. The molecule has 1 unspecified atom stereocenters. The number of aromatic nitrogens is 2. The van der Waals surface area contributed by atoms with Crippen molar-refractivity contribution in [3.05, 3.63) is 83.6 Å². The number of nitrogens with one attached hydrogen (secondary N) is 2. The third-order valence-electron chi connectivity index (χ3n) is 6.95. The first-order valence-electron chi connectivity index (χ1n) is 13.7. The molecule has 0 bridgehead atoms. The molecule has 3 aromatic carbocycles. The van der Waals surface area contributed by atoms with Crippen molar-refractivity contribution in [2.24, 2.45) is 0 Å². The van der Waals surface area contributed by atoms with Crippen molar-refractivity contribution >= 4 is 30.2 Å². The Hall–Kier alpha value is -4.27. The van der Waals surface area contributed by atoms with Crippen molar-refractivity contribution in [2.75, 3.05) is 44.8 Å². The predicted octanol–water partition coefficient (Wildman–Crippen LogP) is 6.04. The molecule has 1 aromatic heterocycles. The van der Waals surface area contributed by atoms with Gasteiger partial charge in [0.15, 0.2) is 17.3 Å². The standard InChI is InChI=1S/C31H38N5O5P/c1-8-35(9-2)42(38,34-24-17-15-21(3)16-18-24)29-22(4)33-36(25-13-11-10-12-14-25)30(29)32-31(37)23-19-26(39-5)28(41-7)27(20-23)40-6/h10-20H,8-9H2,1-7H3,(H,32,37)(H,34,38). The minimum absolute atomic E-state index is 0.262. The highest BCUT2D eigenvalue weighted by Gasteiger charge is 2.39. The summed E-state index contributed by atoms with van der Waals surface area (Å²) < 4.78 is 35.1. The number of benzene rings is 3. The number of amides is 1. The number of hydrogen-bond acceptors (Lipinski definition) is 6. The Balaban J connectivity index is 1.92. The lowest BCUT2D eigenvalue weighted by Crippen LogP contribution is -2.32. The Morgan fingerprint density at radius 2 is 1.50 bits per heavy atom. The fourth-order valence-electron chi connectivity index (χ4n) is 4.83. The average Bonchev–Trinajstić information content (AvgIpc) is 3.34. The van der Waals surface area contributed by atoms with E-state index in [1.54, 1.807) is 23.7 Å². The van der Waals surface area contributed by atoms with Gasteiger partial charge >= 0.3 is 0 Å². The maximum Gasteiger partial charge on any atom is 0.272 e. The highest BCUT2D eigenvalue weighted by atomic mass is 31.2. The number of para-hydroxylation sites is 1. The summed E-state index contributed by atoms with van der Waals surface area (Å²) in [6.07, 6.45) is 0. The Morgan fingerprint density at radius 3 is 2.02 bits per heavy atom. The zero-order chi connectivity index (χ0) is 30.4. The SMILES string of the molecule is CCN(CC)P(=O)(Nc1ccc(C)cc1)c1c(C)nn(-c2ccccc2)c1NC(=O)c1cc(OC)c(OC)c(OC)c1. The molecule has 2 N–H and O–H groups in total. The number of hydrogen-bond donors (Lipinski definition) is 2. The summed E-state index contributed by atoms with van der Waals surface area (Å²) in [6.45, 7) is 8.72. The van der Waals surface area contributed by atoms with Crippen LogP contribution in [-0.4, -0.2) is 54.8 Å². The molecular weight excluding hydrogens is 553 g/mol. The van der Waals surface area contributed by atoms with Crippen molar-refractivity contribution in [1.29, 1.82) is 0 Å². The van der Waals surface area contributed by atoms with Crippen LogP contribution in [0.4, 0.5) is 11.5 Å². The van der Waals surface area contributed by atoms with Gasteiger partial charge in [-0.15, -0.1) is 0 Å². The van der Waals surface area contributed by atoms with E-state index in [4.69, 9.17) is 19.3 Å². The molecule has 1 atom stereocenters. The van der Waals surface area contributed by atoms with Gasteiger partial charge in [-0.1, -0.05) is 49.7 Å². The number of carbonyl (C=O) groups is 1. The third kappa shape index (κ3) is 6.00. The Kier molecular flexibility index (Phi) is 9.60. The fraction of sp³-hybridized carbons (Fsp3) is 0.290. The topological polar surface area (TPSA) is 107 Å². The lowest BCUT2D eigenvalue weighted by molar-refractivity contribution is 0.102. The molecular formula is C31H38N5O5P. The molecule has 4 aromatic rings. The van der Waals surface area contributed by atoms with E-state index in [0.29, 0.717) is 58.5 Å². The number of nitrogens with zero attached hydrogens (tertiary/aromatic N) is 3. The van der Waals surface area contributed by atoms with E-state index in [0.717, 1.165) is 5.56 Å². The van der Waals surface area contributed by atoms with Crippen molar-refractivity contribution in [2.45, 2.75) is 27.7 Å². The Bertz CT molecular complexity index is 1560. The molecule has 222 valence electrons. The molecule has 1 amide bonds. The predicted molar refractivity (Wildman–Crippen MR) is 167 cm³/mol. The highest BCUT2D eigenvalue weighted by Crippen LogP contribution is 2.51. The van der Waals surface area contributed by atoms with Crippen LogP contribution < -0.4 is 29.9 Å². The molecule has 1 heterocycles. The van der Waals surface area contributed by atoms with Gasteiger partial charge in [0.25, 0.3) is 13.4 Å². The monoisotopic (exact) mass is 591 g/mol. The fourth-order valence-corrected chi connectivity index (χ4v) is 7.59. The maximum absolute atomic E-state index is 15.3. The zero-order valence-electron chi connectivity index (χ0n) is 25.1. The van der Waals surface area contributed by atoms with Gasteiger partial charge in [-0.05, 0) is 50.2 Å². The summed E-state index contributed by atoms with van der Waals surface area (Å²) in [5.74, 6) is 0.881. The van der Waals surface area contributed by atoms with Crippen LogP contribution in [0.25, 0.3) is 5.69 Å². The quantitative estimate of drug-likeness (QED) is 0.192. The number of carbonyl (C=O) groups excluding carboxylic acids is 1. The molecule has 0 saturated heterocycles. The minimum atomic E-state index is -3.57. The van der Waals surface area contributed by atoms with Gasteiger partial charge in [0.2, 0.25) is 5.75 Å². The smallest absolute Gasteiger partial charge is 0.272 e. The highest BCUT2D eigenvalue weighted by molar-refractivity contribution is 7.71. The van der Waals surface area contributed by atoms with Crippen molar-refractivity contribution in [3.8, 4) is 22.9 Å². The first-order valence-corrected chi connectivity index (χ1v) is 15.3. The Labute approximate surface area is 247 Å². The van der Waals surface area contributed by atoms with E-state index in [-0.39, 0.29) is 5.56 Å². The zero-order valence-corrected chi connectivity index (χ0v) is 26.0. The third-order valence-corrected chi connectivity index (χ3v) is 10.0. The van der Waals surface area contributed by atoms with Crippen molar-refractivity contribution < 1.29 is 23.6 Å². The summed E-state index contributed by atoms with van der Waals surface area (Å²) in [4.78, 5) is 13.9. The van der Waals surface area contributed by atoms with Crippen LogP contribution in [0, 0.1) is 13.8 Å². The molecule has 0 spiro atoms. The average molecular weight is 592 g/mol. The maximum atomic E-state index is 15.3. The number of ether oxygens (including phenoxy) is 3. The molecule has 10 nitrogen and oxygen atoms in total. The van der Waals surface area contributed by atoms with E-state index in [9.17, 15) is 4.79 Å². The largest absolute Gasteiger partial charge is 0.493 e. The molecule has 0 aliphatic rings. The van der Waals surface area contributed by atoms with E-state index >= 15 is 4.57 Å². The van der Waals surface area contributed by atoms with E-state index < -0.39 is 13.4 Å². The molecule has 4 rings (SSSR count). The van der Waals surface area contributed by atoms with Gasteiger partial charge in [0.05, 0.1) is 32.7 Å². The number of methoxy groups -OCH3 is 3. The molecule has 0 fully saturated rings. The molecule has 0 aliphatic heterocycles. The van der Waals surface area contributed by atoms with Crippen LogP contribution in [0.1, 0.15) is 35.5 Å². The van der Waals surface area contributed by atoms with Crippen LogP contribution >= 0.6 is 7.44 Å². The normalized spacial score (nSPS) is 12.5. The van der Waals surface area contributed by atoms with Crippen LogP contribution in [0.2, 0.25) is 0 Å². The van der Waals surface area contributed by atoms with E-state index in [1.807, 2.05) is 80.0 Å². The summed E-state index contributed by atoms with van der Waals surface area (Å²) in [7, 11) is 0.907. The van der Waals surface area contributed by atoms with E-state index in [2.05, 4.69) is 10.4 Å². The number of rotatable bonds is 12. The van der Waals surface area contributed by atoms with Gasteiger partial charge in [-0.25, -0.2) is 9.35 Å². The van der Waals surface area contributed by atoms with Crippen molar-refractivity contribution in [3.63, 3.8) is 0 Å². The van der Waals surface area contributed by atoms with Crippen LogP contribution in [0.5, 0.6) is 17.2 Å². The first kappa shape index (κ1) is 30.7. The number of aryl methyl sites for hydroxylation is 2. The van der Waals surface area contributed by atoms with Gasteiger partial charge < -0.3 is 24.6 Å². The van der Waals surface area contributed by atoms with Crippen LogP contribution in [0.15, 0.2) is 66.7 Å². The summed E-state index contributed by atoms with van der Waals surface area (Å²) >= 11 is 0. The second-order valence-electron chi connectivity index (χ2n) is 9.59. The molecule has 0 radical (unpaired) electrons. The Morgan fingerprint density at radius 1 is 0.905 bits per heavy atom. The van der Waals surface area contributed by atoms with Gasteiger partial charge in [-0.3, -0.25) is 9.36 Å². The summed E-state index contributed by atoms with van der Waals surface area (Å²) in [5.41, 5.74) is 3.27. The first-order chi connectivity index (χ1) is 20.2. The van der Waals surface area contributed by atoms with Gasteiger partial charge in [0.1, 0.15) is 5.30 Å². The molecule has 0 aliphatic carbocycles. The second kappa shape index (κ2) is 13.1.